The van der Waals surface area contributed by atoms with E-state index >= 15 is 0 Å². The summed E-state index contributed by atoms with van der Waals surface area (Å²) in [6.07, 6.45) is 1.50. The molecule has 1 aromatic heterocycles. The van der Waals surface area contributed by atoms with Crippen LogP contribution in [-0.2, 0) is 10.1 Å². The summed E-state index contributed by atoms with van der Waals surface area (Å²) in [4.78, 5) is 4.59. The highest BCUT2D eigenvalue weighted by Gasteiger charge is 2.17. The van der Waals surface area contributed by atoms with Gasteiger partial charge in [0.2, 0.25) is 5.13 Å². The van der Waals surface area contributed by atoms with Crippen LogP contribution in [0.25, 0.3) is 11.3 Å². The van der Waals surface area contributed by atoms with E-state index in [4.69, 9.17) is 4.18 Å². The highest BCUT2D eigenvalue weighted by Crippen LogP contribution is 2.25. The van der Waals surface area contributed by atoms with Gasteiger partial charge in [0.15, 0.2) is 5.75 Å². The molecule has 150 valence electrons. The molecule has 3 aromatic carbocycles. The van der Waals surface area contributed by atoms with Crippen LogP contribution in [0.2, 0.25) is 0 Å². The van der Waals surface area contributed by atoms with E-state index in [-0.39, 0.29) is 10.6 Å². The van der Waals surface area contributed by atoms with E-state index < -0.39 is 10.1 Å². The molecule has 0 saturated carbocycles. The Kier molecular flexibility index (Phi) is 5.87. The Hall–Kier alpha value is -3.49. The molecule has 0 spiro atoms. The second-order valence-corrected chi connectivity index (χ2v) is 8.57. The smallest absolute Gasteiger partial charge is 0.339 e. The van der Waals surface area contributed by atoms with Crippen LogP contribution >= 0.6 is 11.3 Å². The normalized spacial score (nSPS) is 11.5. The number of nitrogens with one attached hydrogen (secondary N) is 1. The van der Waals surface area contributed by atoms with Gasteiger partial charge in [-0.25, -0.2) is 4.98 Å². The minimum Gasteiger partial charge on any atom is -0.378 e. The zero-order chi connectivity index (χ0) is 20.8. The molecule has 0 saturated heterocycles. The van der Waals surface area contributed by atoms with Crippen LogP contribution in [0.1, 0.15) is 5.56 Å². The Morgan fingerprint density at radius 2 is 1.57 bits per heavy atom. The Morgan fingerprint density at radius 3 is 2.33 bits per heavy atom. The highest BCUT2D eigenvalue weighted by atomic mass is 32.2. The van der Waals surface area contributed by atoms with Crippen molar-refractivity contribution in [1.82, 2.24) is 4.98 Å². The van der Waals surface area contributed by atoms with Crippen molar-refractivity contribution in [3.63, 3.8) is 0 Å². The van der Waals surface area contributed by atoms with Crippen LogP contribution in [0.5, 0.6) is 5.75 Å². The van der Waals surface area contributed by atoms with E-state index in [9.17, 15) is 8.42 Å². The lowest BCUT2D eigenvalue weighted by atomic mass is 10.2. The van der Waals surface area contributed by atoms with Gasteiger partial charge in [0.05, 0.1) is 11.9 Å². The van der Waals surface area contributed by atoms with E-state index in [2.05, 4.69) is 15.5 Å². The summed E-state index contributed by atoms with van der Waals surface area (Å²) in [5.74, 6) is 0.191. The first-order valence-electron chi connectivity index (χ1n) is 9.00. The maximum atomic E-state index is 12.5. The van der Waals surface area contributed by atoms with Gasteiger partial charge in [-0.3, -0.25) is 5.43 Å². The zero-order valence-electron chi connectivity index (χ0n) is 15.7. The van der Waals surface area contributed by atoms with Crippen molar-refractivity contribution in [2.45, 2.75) is 4.90 Å². The average molecular weight is 436 g/mol. The van der Waals surface area contributed by atoms with Crippen molar-refractivity contribution >= 4 is 32.8 Å². The number of hydrogen-bond donors (Lipinski definition) is 1. The number of rotatable bonds is 7. The van der Waals surface area contributed by atoms with Crippen molar-refractivity contribution in [2.75, 3.05) is 5.43 Å². The van der Waals surface area contributed by atoms with Gasteiger partial charge in [0, 0.05) is 16.5 Å². The fourth-order valence-corrected chi connectivity index (χ4v) is 4.28. The van der Waals surface area contributed by atoms with Crippen molar-refractivity contribution in [3.8, 4) is 17.0 Å². The van der Waals surface area contributed by atoms with Crippen molar-refractivity contribution in [1.29, 1.82) is 0 Å². The van der Waals surface area contributed by atoms with Crippen LogP contribution in [0.15, 0.2) is 100 Å². The predicted octanol–water partition coefficient (Wildman–Crippen LogP) is 5.02. The summed E-state index contributed by atoms with van der Waals surface area (Å²) >= 11 is 1.43. The molecule has 0 fully saturated rings. The largest absolute Gasteiger partial charge is 0.378 e. The number of benzene rings is 3. The van der Waals surface area contributed by atoms with E-state index in [1.54, 1.807) is 42.5 Å². The van der Waals surface area contributed by atoms with Gasteiger partial charge in [-0.1, -0.05) is 60.7 Å². The number of aromatic nitrogens is 1. The minimum atomic E-state index is -3.93. The third kappa shape index (κ3) is 4.73. The maximum absolute atomic E-state index is 12.5. The summed E-state index contributed by atoms with van der Waals surface area (Å²) in [6, 6.07) is 24.6. The SMILES string of the molecule is O=S(=O)(Oc1ccccc1C=NNc1nc(-c2ccccc2)cs1)c1ccccc1. The highest BCUT2D eigenvalue weighted by molar-refractivity contribution is 7.87. The Morgan fingerprint density at radius 1 is 0.900 bits per heavy atom. The van der Waals surface area contributed by atoms with E-state index in [0.29, 0.717) is 10.7 Å². The van der Waals surface area contributed by atoms with E-state index in [1.807, 2.05) is 35.7 Å². The number of thiazole rings is 1. The second-order valence-electron chi connectivity index (χ2n) is 6.16. The molecule has 8 heteroatoms. The fraction of sp³-hybridized carbons (Fsp3) is 0. The molecule has 0 aliphatic carbocycles. The topological polar surface area (TPSA) is 80.7 Å². The number of anilines is 1. The molecule has 0 radical (unpaired) electrons. The summed E-state index contributed by atoms with van der Waals surface area (Å²) in [7, 11) is -3.93. The van der Waals surface area contributed by atoms with Crippen LogP contribution < -0.4 is 9.61 Å². The molecule has 0 aliphatic heterocycles. The van der Waals surface area contributed by atoms with Crippen LogP contribution in [-0.4, -0.2) is 19.6 Å². The van der Waals surface area contributed by atoms with Gasteiger partial charge in [0.25, 0.3) is 0 Å². The second kappa shape index (κ2) is 8.89. The quantitative estimate of drug-likeness (QED) is 0.250. The third-order valence-corrected chi connectivity index (χ3v) is 6.08. The molecule has 30 heavy (non-hydrogen) atoms. The number of hydrogen-bond acceptors (Lipinski definition) is 7. The summed E-state index contributed by atoms with van der Waals surface area (Å²) in [5, 5.41) is 6.75. The number of para-hydroxylation sites is 1. The Balaban J connectivity index is 1.48. The van der Waals surface area contributed by atoms with Crippen LogP contribution in [0, 0.1) is 0 Å². The average Bonchev–Trinajstić information content (AvgIpc) is 3.25. The van der Waals surface area contributed by atoms with Crippen LogP contribution in [0.4, 0.5) is 5.13 Å². The van der Waals surface area contributed by atoms with Gasteiger partial charge in [-0.2, -0.15) is 13.5 Å². The van der Waals surface area contributed by atoms with E-state index in [0.717, 1.165) is 11.3 Å². The van der Waals surface area contributed by atoms with Gasteiger partial charge >= 0.3 is 10.1 Å². The van der Waals surface area contributed by atoms with Gasteiger partial charge in [-0.05, 0) is 24.3 Å². The molecule has 4 rings (SSSR count). The molecule has 1 heterocycles. The molecule has 1 N–H and O–H groups in total. The van der Waals surface area contributed by atoms with Gasteiger partial charge in [0.1, 0.15) is 4.90 Å². The maximum Gasteiger partial charge on any atom is 0.339 e. The lowest BCUT2D eigenvalue weighted by Crippen LogP contribution is -2.10. The van der Waals surface area contributed by atoms with Gasteiger partial charge in [-0.15, -0.1) is 11.3 Å². The summed E-state index contributed by atoms with van der Waals surface area (Å²) < 4.78 is 30.3. The lowest BCUT2D eigenvalue weighted by Gasteiger charge is -2.09. The van der Waals surface area contributed by atoms with Crippen molar-refractivity contribution in [3.05, 3.63) is 95.9 Å². The fourth-order valence-electron chi connectivity index (χ4n) is 2.64. The first-order valence-corrected chi connectivity index (χ1v) is 11.3. The lowest BCUT2D eigenvalue weighted by molar-refractivity contribution is 0.485. The number of hydrazone groups is 1. The number of nitrogens with zero attached hydrogens (tertiary/aromatic N) is 2. The first-order chi connectivity index (χ1) is 14.6. The summed E-state index contributed by atoms with van der Waals surface area (Å²) in [5.41, 5.74) is 5.28. The standard InChI is InChI=1S/C22H17N3O3S2/c26-30(27,19-12-5-2-6-13-19)28-21-14-8-7-11-18(21)15-23-25-22-24-20(16-29-22)17-9-3-1-4-10-17/h1-16H,(H,24,25). The third-order valence-electron chi connectivity index (χ3n) is 4.09. The minimum absolute atomic E-state index is 0.0890. The van der Waals surface area contributed by atoms with Gasteiger partial charge < -0.3 is 4.18 Å². The van der Waals surface area contributed by atoms with Crippen LogP contribution in [0.3, 0.4) is 0 Å². The molecule has 0 amide bonds. The molecular formula is C22H17N3O3S2. The molecule has 0 aliphatic rings. The zero-order valence-corrected chi connectivity index (χ0v) is 17.3. The molecule has 0 bridgehead atoms. The molecule has 0 unspecified atom stereocenters. The monoisotopic (exact) mass is 435 g/mol. The van der Waals surface area contributed by atoms with Crippen molar-refractivity contribution in [2.24, 2.45) is 5.10 Å². The summed E-state index contributed by atoms with van der Waals surface area (Å²) in [6.45, 7) is 0. The molecular weight excluding hydrogens is 418 g/mol. The Bertz CT molecular complexity index is 1260. The van der Waals surface area contributed by atoms with E-state index in [1.165, 1.54) is 29.7 Å². The van der Waals surface area contributed by atoms with Crippen molar-refractivity contribution < 1.29 is 12.6 Å². The molecule has 0 atom stereocenters. The Labute approximate surface area is 178 Å². The predicted molar refractivity (Wildman–Crippen MR) is 119 cm³/mol. The molecule has 4 aromatic rings. The first kappa shape index (κ1) is 19.8. The molecule has 6 nitrogen and oxygen atoms in total.